The van der Waals surface area contributed by atoms with E-state index in [2.05, 4.69) is 43.8 Å². The van der Waals surface area contributed by atoms with Gasteiger partial charge in [0.2, 0.25) is 0 Å². The van der Waals surface area contributed by atoms with Crippen molar-refractivity contribution in [3.05, 3.63) is 29.6 Å². The largest absolute Gasteiger partial charge is 0.205 e. The molecule has 1 heterocycles. The van der Waals surface area contributed by atoms with Gasteiger partial charge in [-0.15, -0.1) is 0 Å². The van der Waals surface area contributed by atoms with Crippen LogP contribution in [0.15, 0.2) is 18.5 Å². The van der Waals surface area contributed by atoms with Crippen LogP contribution in [0.1, 0.15) is 314 Å². The lowest BCUT2D eigenvalue weighted by atomic mass is 10.0. The second-order valence-electron chi connectivity index (χ2n) is 18.8. The standard InChI is InChI=1S/C55H106N/c1-4-7-10-13-16-19-22-25-28-30-33-36-39-42-45-48-54-51-55(49-46-43-40-37-34-31-29-26-23-20-17-14-11-8-5-2)53-56(52-54)50-47-44-41-38-35-32-27-24-21-18-15-12-9-6-3/h51-53H,4-50H2,1-3H3/q+1. The van der Waals surface area contributed by atoms with Gasteiger partial charge in [-0.25, -0.2) is 4.57 Å². The van der Waals surface area contributed by atoms with Crippen molar-refractivity contribution in [3.63, 3.8) is 0 Å². The first-order valence-electron chi connectivity index (χ1n) is 26.8. The summed E-state index contributed by atoms with van der Waals surface area (Å²) in [7, 11) is 0. The highest BCUT2D eigenvalue weighted by Gasteiger charge is 2.09. The Labute approximate surface area is 355 Å². The normalized spacial score (nSPS) is 11.6. The third-order valence-corrected chi connectivity index (χ3v) is 12.9. The minimum Gasteiger partial charge on any atom is -0.205 e. The van der Waals surface area contributed by atoms with Crippen LogP contribution < -0.4 is 4.57 Å². The van der Waals surface area contributed by atoms with E-state index >= 15 is 0 Å². The van der Waals surface area contributed by atoms with Gasteiger partial charge in [0.05, 0.1) is 0 Å². The third kappa shape index (κ3) is 38.7. The van der Waals surface area contributed by atoms with E-state index < -0.39 is 0 Å². The van der Waals surface area contributed by atoms with Crippen molar-refractivity contribution < 1.29 is 4.57 Å². The van der Waals surface area contributed by atoms with Crippen LogP contribution in [0.2, 0.25) is 0 Å². The molecule has 0 unspecified atom stereocenters. The molecule has 0 bridgehead atoms. The Hall–Kier alpha value is -0.850. The van der Waals surface area contributed by atoms with Crippen molar-refractivity contribution in [2.24, 2.45) is 0 Å². The molecule has 0 fully saturated rings. The summed E-state index contributed by atoms with van der Waals surface area (Å²) in [5.74, 6) is 0. The first-order valence-corrected chi connectivity index (χ1v) is 26.8. The second kappa shape index (κ2) is 45.2. The number of aromatic nitrogens is 1. The molecule has 0 saturated carbocycles. The van der Waals surface area contributed by atoms with Crippen molar-refractivity contribution in [1.29, 1.82) is 0 Å². The van der Waals surface area contributed by atoms with Gasteiger partial charge < -0.3 is 0 Å². The predicted octanol–water partition coefficient (Wildman–Crippen LogP) is 19.3. The van der Waals surface area contributed by atoms with Gasteiger partial charge in [0.25, 0.3) is 0 Å². The zero-order chi connectivity index (χ0) is 40.1. The lowest BCUT2D eigenvalue weighted by Crippen LogP contribution is -2.34. The van der Waals surface area contributed by atoms with Crippen LogP contribution >= 0.6 is 0 Å². The Morgan fingerprint density at radius 1 is 0.250 bits per heavy atom. The molecule has 0 radical (unpaired) electrons. The molecule has 0 N–H and O–H groups in total. The lowest BCUT2D eigenvalue weighted by molar-refractivity contribution is -0.698. The minimum atomic E-state index is 1.22. The van der Waals surface area contributed by atoms with E-state index in [0.29, 0.717) is 0 Å². The van der Waals surface area contributed by atoms with Crippen LogP contribution in [-0.2, 0) is 19.4 Å². The van der Waals surface area contributed by atoms with E-state index in [0.717, 1.165) is 0 Å². The van der Waals surface area contributed by atoms with Crippen molar-refractivity contribution in [1.82, 2.24) is 0 Å². The number of hydrogen-bond acceptors (Lipinski definition) is 0. The minimum absolute atomic E-state index is 1.22. The van der Waals surface area contributed by atoms with Gasteiger partial charge in [-0.1, -0.05) is 278 Å². The molecule has 0 amide bonds. The predicted molar refractivity (Wildman–Crippen MR) is 254 cm³/mol. The number of unbranched alkanes of at least 4 members (excludes halogenated alkanes) is 41. The average Bonchev–Trinajstić information content (AvgIpc) is 3.21. The molecule has 0 aliphatic rings. The summed E-state index contributed by atoms with van der Waals surface area (Å²) >= 11 is 0. The van der Waals surface area contributed by atoms with Crippen LogP contribution in [0.25, 0.3) is 0 Å². The van der Waals surface area contributed by atoms with Crippen molar-refractivity contribution >= 4 is 0 Å². The molecular weight excluding hydrogens is 675 g/mol. The zero-order valence-corrected chi connectivity index (χ0v) is 39.4. The van der Waals surface area contributed by atoms with E-state index in [9.17, 15) is 0 Å². The maximum absolute atomic E-state index is 2.60. The highest BCUT2D eigenvalue weighted by Crippen LogP contribution is 2.18. The molecule has 1 aromatic rings. The van der Waals surface area contributed by atoms with E-state index in [1.165, 1.54) is 302 Å². The van der Waals surface area contributed by atoms with Gasteiger partial charge in [-0.3, -0.25) is 0 Å². The molecule has 0 atom stereocenters. The fraction of sp³-hybridized carbons (Fsp3) is 0.909. The Bertz CT molecular complexity index is 822. The molecular formula is C55H106N+. The Kier molecular flexibility index (Phi) is 43.0. The first-order chi connectivity index (χ1) is 27.8. The van der Waals surface area contributed by atoms with Gasteiger partial charge in [0, 0.05) is 17.5 Å². The molecule has 0 spiro atoms. The van der Waals surface area contributed by atoms with E-state index in [-0.39, 0.29) is 0 Å². The maximum Gasteiger partial charge on any atom is 0.171 e. The molecule has 0 aliphatic carbocycles. The van der Waals surface area contributed by atoms with Gasteiger partial charge in [0.15, 0.2) is 12.4 Å². The van der Waals surface area contributed by atoms with E-state index in [1.54, 1.807) is 11.1 Å². The van der Waals surface area contributed by atoms with E-state index in [4.69, 9.17) is 0 Å². The lowest BCUT2D eigenvalue weighted by Gasteiger charge is -2.08. The Morgan fingerprint density at radius 3 is 0.679 bits per heavy atom. The number of pyridine rings is 1. The van der Waals surface area contributed by atoms with Crippen molar-refractivity contribution in [2.45, 2.75) is 323 Å². The van der Waals surface area contributed by atoms with Gasteiger partial charge >= 0.3 is 0 Å². The van der Waals surface area contributed by atoms with Crippen molar-refractivity contribution in [3.8, 4) is 0 Å². The van der Waals surface area contributed by atoms with Gasteiger partial charge in [0.1, 0.15) is 6.54 Å². The molecule has 1 heteroatoms. The summed E-state index contributed by atoms with van der Waals surface area (Å²) in [6, 6.07) is 2.59. The van der Waals surface area contributed by atoms with Gasteiger partial charge in [-0.05, 0) is 38.2 Å². The third-order valence-electron chi connectivity index (χ3n) is 12.9. The molecule has 330 valence electrons. The smallest absolute Gasteiger partial charge is 0.171 e. The number of rotatable bonds is 47. The average molecular weight is 781 g/mol. The number of aryl methyl sites for hydroxylation is 3. The SMILES string of the molecule is CCCCCCCCCCCCCCCCCc1cc(CCCCCCCCCCCCCCCCC)c[n+](CCCCCCCCCCCCCCCC)c1. The quantitative estimate of drug-likeness (QED) is 0.0458. The summed E-state index contributed by atoms with van der Waals surface area (Å²) < 4.78 is 2.60. The summed E-state index contributed by atoms with van der Waals surface area (Å²) in [5, 5.41) is 0. The number of hydrogen-bond donors (Lipinski definition) is 0. The monoisotopic (exact) mass is 781 g/mol. The molecule has 56 heavy (non-hydrogen) atoms. The first kappa shape index (κ1) is 53.2. The van der Waals surface area contributed by atoms with Crippen molar-refractivity contribution in [2.75, 3.05) is 0 Å². The molecule has 0 aliphatic heterocycles. The Balaban J connectivity index is 2.28. The summed E-state index contributed by atoms with van der Waals surface area (Å²) in [6.07, 6.45) is 71.2. The van der Waals surface area contributed by atoms with Crippen LogP contribution in [-0.4, -0.2) is 0 Å². The van der Waals surface area contributed by atoms with Gasteiger partial charge in [-0.2, -0.15) is 0 Å². The molecule has 1 rings (SSSR count). The zero-order valence-electron chi connectivity index (χ0n) is 39.4. The second-order valence-corrected chi connectivity index (χ2v) is 18.8. The number of nitrogens with zero attached hydrogens (tertiary/aromatic N) is 1. The topological polar surface area (TPSA) is 3.88 Å². The summed E-state index contributed by atoms with van der Waals surface area (Å²) in [6.45, 7) is 8.17. The maximum atomic E-state index is 2.60. The molecule has 0 aromatic carbocycles. The molecule has 0 saturated heterocycles. The summed E-state index contributed by atoms with van der Waals surface area (Å²) in [5.41, 5.74) is 3.23. The van der Waals surface area contributed by atoms with Crippen LogP contribution in [0, 0.1) is 0 Å². The fourth-order valence-corrected chi connectivity index (χ4v) is 9.07. The highest BCUT2D eigenvalue weighted by atomic mass is 14.9. The van der Waals surface area contributed by atoms with Crippen LogP contribution in [0.5, 0.6) is 0 Å². The molecule has 1 nitrogen and oxygen atoms in total. The van der Waals surface area contributed by atoms with Crippen LogP contribution in [0.3, 0.4) is 0 Å². The van der Waals surface area contributed by atoms with E-state index in [1.807, 2.05) is 0 Å². The summed E-state index contributed by atoms with van der Waals surface area (Å²) in [4.78, 5) is 0. The Morgan fingerprint density at radius 2 is 0.446 bits per heavy atom. The molecule has 1 aromatic heterocycles. The fourth-order valence-electron chi connectivity index (χ4n) is 9.07. The van der Waals surface area contributed by atoms with Crippen LogP contribution in [0.4, 0.5) is 0 Å². The highest BCUT2D eigenvalue weighted by molar-refractivity contribution is 5.15.